The predicted molar refractivity (Wildman–Crippen MR) is 68.9 cm³/mol. The molecular weight excluding hydrogens is 259 g/mol. The van der Waals surface area contributed by atoms with Gasteiger partial charge in [0.15, 0.2) is 0 Å². The maximum absolute atomic E-state index is 12.8. The summed E-state index contributed by atoms with van der Waals surface area (Å²) in [6.07, 6.45) is -2.64. The smallest absolute Gasteiger partial charge is 0.316 e. The van der Waals surface area contributed by atoms with Crippen molar-refractivity contribution in [1.82, 2.24) is 5.32 Å². The largest absolute Gasteiger partial charge is 0.416 e. The van der Waals surface area contributed by atoms with E-state index in [0.717, 1.165) is 31.3 Å². The van der Waals surface area contributed by atoms with Crippen LogP contribution in [0.2, 0.25) is 0 Å². The van der Waals surface area contributed by atoms with Crippen molar-refractivity contribution in [2.45, 2.75) is 24.3 Å². The summed E-state index contributed by atoms with van der Waals surface area (Å²) in [6.45, 7) is 2.00. The molecule has 1 aromatic carbocycles. The van der Waals surface area contributed by atoms with Gasteiger partial charge in [0.2, 0.25) is 0 Å². The Morgan fingerprint density at radius 2 is 2.06 bits per heavy atom. The third kappa shape index (κ3) is 3.65. The molecular formula is C13H16F3NS. The molecule has 0 bridgehead atoms. The van der Waals surface area contributed by atoms with Crippen LogP contribution in [0, 0.1) is 0 Å². The summed E-state index contributed by atoms with van der Waals surface area (Å²) >= 11 is 1.77. The molecule has 1 fully saturated rings. The summed E-state index contributed by atoms with van der Waals surface area (Å²) in [5.74, 6) is 0.749. The van der Waals surface area contributed by atoms with Gasteiger partial charge in [-0.05, 0) is 36.8 Å². The number of benzene rings is 1. The third-order valence-corrected chi connectivity index (χ3v) is 4.38. The lowest BCUT2D eigenvalue weighted by Crippen LogP contribution is -2.12. The fourth-order valence-corrected chi connectivity index (χ4v) is 3.31. The lowest BCUT2D eigenvalue weighted by molar-refractivity contribution is -0.138. The number of thioether (sulfide) groups is 1. The molecule has 0 saturated carbocycles. The maximum Gasteiger partial charge on any atom is 0.416 e. The van der Waals surface area contributed by atoms with E-state index in [1.165, 1.54) is 6.07 Å². The van der Waals surface area contributed by atoms with Crippen molar-refractivity contribution in [2.24, 2.45) is 0 Å². The maximum atomic E-state index is 12.8. The van der Waals surface area contributed by atoms with Crippen LogP contribution in [-0.4, -0.2) is 24.1 Å². The molecule has 1 aliphatic rings. The lowest BCUT2D eigenvalue weighted by Gasteiger charge is -2.13. The SMILES string of the molecule is FC(F)(F)c1ccccc1CCSC1CCNC1. The van der Waals surface area contributed by atoms with Gasteiger partial charge in [-0.1, -0.05) is 18.2 Å². The van der Waals surface area contributed by atoms with Crippen molar-refractivity contribution < 1.29 is 13.2 Å². The van der Waals surface area contributed by atoms with Gasteiger partial charge in [-0.2, -0.15) is 24.9 Å². The average molecular weight is 275 g/mol. The van der Waals surface area contributed by atoms with E-state index in [1.807, 2.05) is 0 Å². The minimum absolute atomic E-state index is 0.406. The zero-order valence-corrected chi connectivity index (χ0v) is 10.8. The zero-order valence-electron chi connectivity index (χ0n) is 9.96. The Morgan fingerprint density at radius 1 is 1.28 bits per heavy atom. The molecule has 2 rings (SSSR count). The highest BCUT2D eigenvalue weighted by molar-refractivity contribution is 7.99. The van der Waals surface area contributed by atoms with Gasteiger partial charge >= 0.3 is 6.18 Å². The van der Waals surface area contributed by atoms with Crippen LogP contribution in [0.4, 0.5) is 13.2 Å². The Bertz CT molecular complexity index is 386. The average Bonchev–Trinajstić information content (AvgIpc) is 2.81. The summed E-state index contributed by atoms with van der Waals surface area (Å²) in [4.78, 5) is 0. The van der Waals surface area contributed by atoms with E-state index in [4.69, 9.17) is 0 Å². The van der Waals surface area contributed by atoms with Crippen LogP contribution < -0.4 is 5.32 Å². The molecule has 1 N–H and O–H groups in total. The molecule has 0 aromatic heterocycles. The van der Waals surface area contributed by atoms with Gasteiger partial charge in [0.1, 0.15) is 0 Å². The van der Waals surface area contributed by atoms with E-state index in [9.17, 15) is 13.2 Å². The van der Waals surface area contributed by atoms with Crippen molar-refractivity contribution in [3.63, 3.8) is 0 Å². The monoisotopic (exact) mass is 275 g/mol. The highest BCUT2D eigenvalue weighted by Gasteiger charge is 2.32. The normalized spacial score (nSPS) is 20.3. The van der Waals surface area contributed by atoms with Crippen molar-refractivity contribution in [3.05, 3.63) is 35.4 Å². The highest BCUT2D eigenvalue weighted by Crippen LogP contribution is 2.32. The van der Waals surface area contributed by atoms with Crippen molar-refractivity contribution >= 4 is 11.8 Å². The van der Waals surface area contributed by atoms with Crippen LogP contribution in [0.25, 0.3) is 0 Å². The van der Waals surface area contributed by atoms with Gasteiger partial charge in [0, 0.05) is 11.8 Å². The lowest BCUT2D eigenvalue weighted by atomic mass is 10.1. The van der Waals surface area contributed by atoms with Gasteiger partial charge in [-0.3, -0.25) is 0 Å². The van der Waals surface area contributed by atoms with Crippen LogP contribution in [0.5, 0.6) is 0 Å². The van der Waals surface area contributed by atoms with E-state index in [-0.39, 0.29) is 0 Å². The van der Waals surface area contributed by atoms with Crippen LogP contribution in [0.1, 0.15) is 17.5 Å². The Kier molecular flexibility index (Phi) is 4.56. The molecule has 1 aliphatic heterocycles. The predicted octanol–water partition coefficient (Wildman–Crippen LogP) is 3.34. The van der Waals surface area contributed by atoms with E-state index in [1.54, 1.807) is 23.9 Å². The van der Waals surface area contributed by atoms with Crippen LogP contribution in [0.3, 0.4) is 0 Å². The van der Waals surface area contributed by atoms with Gasteiger partial charge < -0.3 is 5.32 Å². The Balaban J connectivity index is 1.92. The first-order valence-electron chi connectivity index (χ1n) is 6.05. The van der Waals surface area contributed by atoms with Gasteiger partial charge in [0.25, 0.3) is 0 Å². The van der Waals surface area contributed by atoms with Crippen molar-refractivity contribution in [2.75, 3.05) is 18.8 Å². The molecule has 0 amide bonds. The molecule has 1 unspecified atom stereocenters. The van der Waals surface area contributed by atoms with Gasteiger partial charge in [0.05, 0.1) is 5.56 Å². The van der Waals surface area contributed by atoms with Crippen LogP contribution in [0.15, 0.2) is 24.3 Å². The molecule has 18 heavy (non-hydrogen) atoms. The molecule has 1 nitrogen and oxygen atoms in total. The minimum Gasteiger partial charge on any atom is -0.316 e. The summed E-state index contributed by atoms with van der Waals surface area (Å²) in [7, 11) is 0. The van der Waals surface area contributed by atoms with Crippen LogP contribution in [-0.2, 0) is 12.6 Å². The molecule has 5 heteroatoms. The van der Waals surface area contributed by atoms with E-state index >= 15 is 0 Å². The fourth-order valence-electron chi connectivity index (χ4n) is 2.12. The Hall–Kier alpha value is -0.680. The molecule has 1 atom stereocenters. The first kappa shape index (κ1) is 13.7. The number of alkyl halides is 3. The van der Waals surface area contributed by atoms with Gasteiger partial charge in [-0.15, -0.1) is 0 Å². The Labute approximate surface area is 109 Å². The van der Waals surface area contributed by atoms with Crippen molar-refractivity contribution in [3.8, 4) is 0 Å². The molecule has 100 valence electrons. The minimum atomic E-state index is -4.24. The summed E-state index contributed by atoms with van der Waals surface area (Å²) in [5, 5.41) is 3.81. The van der Waals surface area contributed by atoms with E-state index in [2.05, 4.69) is 5.32 Å². The summed E-state index contributed by atoms with van der Waals surface area (Å²) in [5.41, 5.74) is -0.0846. The number of aryl methyl sites for hydroxylation is 1. The molecule has 1 heterocycles. The summed E-state index contributed by atoms with van der Waals surface area (Å²) in [6, 6.07) is 5.86. The second-order valence-corrected chi connectivity index (χ2v) is 5.80. The Morgan fingerprint density at radius 3 is 2.72 bits per heavy atom. The van der Waals surface area contributed by atoms with Crippen molar-refractivity contribution in [1.29, 1.82) is 0 Å². The molecule has 0 radical (unpaired) electrons. The number of rotatable bonds is 4. The van der Waals surface area contributed by atoms with Crippen LogP contribution >= 0.6 is 11.8 Å². The molecule has 1 saturated heterocycles. The quantitative estimate of drug-likeness (QED) is 0.904. The first-order chi connectivity index (χ1) is 8.57. The second-order valence-electron chi connectivity index (χ2n) is 4.39. The molecule has 0 aliphatic carbocycles. The van der Waals surface area contributed by atoms with E-state index < -0.39 is 11.7 Å². The number of hydrogen-bond donors (Lipinski definition) is 1. The molecule has 1 aromatic rings. The summed E-state index contributed by atoms with van der Waals surface area (Å²) < 4.78 is 38.3. The topological polar surface area (TPSA) is 12.0 Å². The number of nitrogens with one attached hydrogen (secondary N) is 1. The van der Waals surface area contributed by atoms with E-state index in [0.29, 0.717) is 17.2 Å². The van der Waals surface area contributed by atoms with Gasteiger partial charge in [-0.25, -0.2) is 0 Å². The molecule has 0 spiro atoms. The highest BCUT2D eigenvalue weighted by atomic mass is 32.2. The number of hydrogen-bond acceptors (Lipinski definition) is 2. The zero-order chi connectivity index (χ0) is 13.0. The standard InChI is InChI=1S/C13H16F3NS/c14-13(15,16)12-4-2-1-3-10(12)6-8-18-11-5-7-17-9-11/h1-4,11,17H,5-9H2. The number of halogens is 3. The second kappa shape index (κ2) is 5.97. The fraction of sp³-hybridized carbons (Fsp3) is 0.538. The first-order valence-corrected chi connectivity index (χ1v) is 7.09. The third-order valence-electron chi connectivity index (χ3n) is 3.06.